The third kappa shape index (κ3) is 1.89. The normalized spacial score (nSPS) is 21.6. The summed E-state index contributed by atoms with van der Waals surface area (Å²) in [6, 6.07) is 4.38. The van der Waals surface area contributed by atoms with Crippen molar-refractivity contribution in [1.29, 1.82) is 0 Å². The minimum absolute atomic E-state index is 0.377. The van der Waals surface area contributed by atoms with Crippen LogP contribution in [0.4, 0.5) is 0 Å². The monoisotopic (exact) mass is 245 g/mol. The van der Waals surface area contributed by atoms with Crippen LogP contribution in [0, 0.1) is 0 Å². The summed E-state index contributed by atoms with van der Waals surface area (Å²) in [5.74, 6) is 1.04. The zero-order valence-electron chi connectivity index (χ0n) is 10.7. The Bertz CT molecular complexity index is 547. The fourth-order valence-corrected chi connectivity index (χ4v) is 2.70. The number of rotatable bonds is 2. The van der Waals surface area contributed by atoms with Crippen molar-refractivity contribution >= 4 is 5.65 Å². The molecule has 0 spiro atoms. The van der Waals surface area contributed by atoms with Gasteiger partial charge in [-0.05, 0) is 38.1 Å². The second-order valence-corrected chi connectivity index (χ2v) is 5.02. The molecule has 0 saturated carbocycles. The van der Waals surface area contributed by atoms with E-state index in [1.54, 1.807) is 0 Å². The molecule has 96 valence electrons. The number of hydrogen-bond donors (Lipinski definition) is 1. The van der Waals surface area contributed by atoms with Gasteiger partial charge in [0.1, 0.15) is 0 Å². The Balaban J connectivity index is 2.05. The van der Waals surface area contributed by atoms with Gasteiger partial charge >= 0.3 is 0 Å². The highest BCUT2D eigenvalue weighted by Gasteiger charge is 2.25. The molecule has 18 heavy (non-hydrogen) atoms. The molecule has 5 nitrogen and oxygen atoms in total. The molecular formula is C13H19N5. The number of piperidine rings is 1. The molecule has 1 saturated heterocycles. The number of likely N-dealkylation sites (tertiary alicyclic amines) is 1. The maximum atomic E-state index is 5.70. The van der Waals surface area contributed by atoms with Gasteiger partial charge in [-0.3, -0.25) is 9.30 Å². The van der Waals surface area contributed by atoms with Gasteiger partial charge in [-0.2, -0.15) is 0 Å². The second kappa shape index (κ2) is 4.66. The number of nitrogens with two attached hydrogens (primary N) is 1. The van der Waals surface area contributed by atoms with E-state index in [4.69, 9.17) is 5.73 Å². The number of hydrogen-bond acceptors (Lipinski definition) is 4. The smallest absolute Gasteiger partial charge is 0.160 e. The Morgan fingerprint density at radius 1 is 1.33 bits per heavy atom. The van der Waals surface area contributed by atoms with E-state index in [2.05, 4.69) is 32.7 Å². The highest BCUT2D eigenvalue weighted by atomic mass is 15.3. The van der Waals surface area contributed by atoms with Crippen molar-refractivity contribution in [3.63, 3.8) is 0 Å². The Hall–Kier alpha value is -1.46. The van der Waals surface area contributed by atoms with Crippen LogP contribution >= 0.6 is 0 Å². The van der Waals surface area contributed by atoms with Crippen molar-refractivity contribution in [1.82, 2.24) is 19.5 Å². The maximum absolute atomic E-state index is 5.70. The van der Waals surface area contributed by atoms with Crippen molar-refractivity contribution in [2.45, 2.75) is 31.8 Å². The van der Waals surface area contributed by atoms with Crippen molar-refractivity contribution in [3.05, 3.63) is 29.7 Å². The molecule has 2 N–H and O–H groups in total. The summed E-state index contributed by atoms with van der Waals surface area (Å²) >= 11 is 0. The number of fused-ring (bicyclic) bond motifs is 1. The minimum Gasteiger partial charge on any atom is -0.326 e. The second-order valence-electron chi connectivity index (χ2n) is 5.02. The lowest BCUT2D eigenvalue weighted by Gasteiger charge is -2.31. The van der Waals surface area contributed by atoms with Crippen LogP contribution in [-0.4, -0.2) is 33.1 Å². The van der Waals surface area contributed by atoms with E-state index in [0.29, 0.717) is 12.6 Å². The summed E-state index contributed by atoms with van der Waals surface area (Å²) < 4.78 is 2.09. The van der Waals surface area contributed by atoms with Gasteiger partial charge in [0.2, 0.25) is 0 Å². The number of nitrogens with zero attached hydrogens (tertiary/aromatic N) is 4. The standard InChI is InChI=1S/C13H19N5/c1-17-7-3-2-4-11(17)13-16-15-12-6-5-10(8-14)9-18(12)13/h5-6,9,11H,2-4,7-8,14H2,1H3. The molecular weight excluding hydrogens is 226 g/mol. The highest BCUT2D eigenvalue weighted by Crippen LogP contribution is 2.28. The molecule has 0 aliphatic carbocycles. The fraction of sp³-hybridized carbons (Fsp3) is 0.538. The van der Waals surface area contributed by atoms with E-state index in [-0.39, 0.29) is 0 Å². The minimum atomic E-state index is 0.377. The molecule has 2 aromatic rings. The molecule has 1 aliphatic heterocycles. The van der Waals surface area contributed by atoms with Crippen LogP contribution in [-0.2, 0) is 6.54 Å². The van der Waals surface area contributed by atoms with E-state index in [1.165, 1.54) is 12.8 Å². The molecule has 5 heteroatoms. The summed E-state index contributed by atoms with van der Waals surface area (Å²) in [5, 5.41) is 8.62. The van der Waals surface area contributed by atoms with Crippen LogP contribution in [0.1, 0.15) is 36.7 Å². The summed E-state index contributed by atoms with van der Waals surface area (Å²) in [5.41, 5.74) is 7.72. The number of pyridine rings is 1. The number of aromatic nitrogens is 3. The molecule has 1 atom stereocenters. The molecule has 0 amide bonds. The van der Waals surface area contributed by atoms with Gasteiger partial charge in [0.25, 0.3) is 0 Å². The van der Waals surface area contributed by atoms with E-state index < -0.39 is 0 Å². The van der Waals surface area contributed by atoms with Crippen LogP contribution in [0.5, 0.6) is 0 Å². The first kappa shape index (κ1) is 11.6. The van der Waals surface area contributed by atoms with Gasteiger partial charge in [-0.15, -0.1) is 10.2 Å². The Kier molecular flexibility index (Phi) is 3.01. The van der Waals surface area contributed by atoms with Gasteiger partial charge in [-0.1, -0.05) is 12.5 Å². The largest absolute Gasteiger partial charge is 0.326 e. The Labute approximate surface area is 107 Å². The molecule has 3 heterocycles. The van der Waals surface area contributed by atoms with Gasteiger partial charge in [-0.25, -0.2) is 0 Å². The predicted molar refractivity (Wildman–Crippen MR) is 70.1 cm³/mol. The van der Waals surface area contributed by atoms with E-state index in [1.807, 2.05) is 12.1 Å². The van der Waals surface area contributed by atoms with Crippen LogP contribution < -0.4 is 5.73 Å². The van der Waals surface area contributed by atoms with Crippen LogP contribution in [0.15, 0.2) is 18.3 Å². The molecule has 1 aliphatic rings. The first-order valence-electron chi connectivity index (χ1n) is 6.53. The molecule has 0 aromatic carbocycles. The van der Waals surface area contributed by atoms with Crippen molar-refractivity contribution in [3.8, 4) is 0 Å². The van der Waals surface area contributed by atoms with Crippen LogP contribution in [0.3, 0.4) is 0 Å². The topological polar surface area (TPSA) is 59.5 Å². The highest BCUT2D eigenvalue weighted by molar-refractivity contribution is 5.40. The summed E-state index contributed by atoms with van der Waals surface area (Å²) in [4.78, 5) is 2.37. The van der Waals surface area contributed by atoms with Gasteiger partial charge in [0.05, 0.1) is 6.04 Å². The summed E-state index contributed by atoms with van der Waals surface area (Å²) in [7, 11) is 2.16. The zero-order chi connectivity index (χ0) is 12.5. The fourth-order valence-electron chi connectivity index (χ4n) is 2.70. The van der Waals surface area contributed by atoms with Gasteiger partial charge < -0.3 is 5.73 Å². The molecule has 0 radical (unpaired) electrons. The lowest BCUT2D eigenvalue weighted by molar-refractivity contribution is 0.178. The van der Waals surface area contributed by atoms with Crippen molar-refractivity contribution < 1.29 is 0 Å². The summed E-state index contributed by atoms with van der Waals surface area (Å²) in [6.07, 6.45) is 5.76. The predicted octanol–water partition coefficient (Wildman–Crippen LogP) is 1.34. The van der Waals surface area contributed by atoms with Crippen molar-refractivity contribution in [2.75, 3.05) is 13.6 Å². The SMILES string of the molecule is CN1CCCCC1c1nnc2ccc(CN)cn12. The first-order valence-corrected chi connectivity index (χ1v) is 6.53. The van der Waals surface area contributed by atoms with Crippen LogP contribution in [0.2, 0.25) is 0 Å². The van der Waals surface area contributed by atoms with Crippen molar-refractivity contribution in [2.24, 2.45) is 5.73 Å². The molecule has 3 rings (SSSR count). The van der Waals surface area contributed by atoms with Crippen LogP contribution in [0.25, 0.3) is 5.65 Å². The Morgan fingerprint density at radius 2 is 2.22 bits per heavy atom. The third-order valence-electron chi connectivity index (χ3n) is 3.79. The molecule has 1 fully saturated rings. The van der Waals surface area contributed by atoms with Gasteiger partial charge in [0.15, 0.2) is 11.5 Å². The van der Waals surface area contributed by atoms with E-state index >= 15 is 0 Å². The summed E-state index contributed by atoms with van der Waals surface area (Å²) in [6.45, 7) is 1.68. The zero-order valence-corrected chi connectivity index (χ0v) is 10.7. The quantitative estimate of drug-likeness (QED) is 0.867. The molecule has 0 bridgehead atoms. The molecule has 2 aromatic heterocycles. The average molecular weight is 245 g/mol. The average Bonchev–Trinajstić information content (AvgIpc) is 2.82. The van der Waals surface area contributed by atoms with Gasteiger partial charge in [0, 0.05) is 12.7 Å². The first-order chi connectivity index (χ1) is 8.79. The maximum Gasteiger partial charge on any atom is 0.160 e. The lowest BCUT2D eigenvalue weighted by Crippen LogP contribution is -2.30. The lowest BCUT2D eigenvalue weighted by atomic mass is 10.0. The van der Waals surface area contributed by atoms with E-state index in [0.717, 1.165) is 30.0 Å². The Morgan fingerprint density at radius 3 is 3.00 bits per heavy atom. The third-order valence-corrected chi connectivity index (χ3v) is 3.79. The van der Waals surface area contributed by atoms with E-state index in [9.17, 15) is 0 Å². The molecule has 1 unspecified atom stereocenters.